The van der Waals surface area contributed by atoms with Gasteiger partial charge >= 0.3 is 16.1 Å². The lowest BCUT2D eigenvalue weighted by Crippen LogP contribution is -2.10. The monoisotopic (exact) mass is 324 g/mol. The second-order valence-corrected chi connectivity index (χ2v) is 5.79. The van der Waals surface area contributed by atoms with Crippen molar-refractivity contribution in [1.82, 2.24) is 0 Å². The molecule has 116 valence electrons. The van der Waals surface area contributed by atoms with Gasteiger partial charge in [-0.1, -0.05) is 6.07 Å². The number of esters is 1. The lowest BCUT2D eigenvalue weighted by atomic mass is 10.2. The average molecular weight is 324 g/mol. The first-order chi connectivity index (χ1) is 10.4. The van der Waals surface area contributed by atoms with Crippen molar-refractivity contribution in [2.75, 3.05) is 6.61 Å². The highest BCUT2D eigenvalue weighted by Gasteiger charge is 2.17. The molecule has 0 aliphatic heterocycles. The normalized spacial score (nSPS) is 11.0. The van der Waals surface area contributed by atoms with Crippen LogP contribution in [0.4, 0.5) is 4.39 Å². The number of rotatable bonds is 5. The zero-order chi connectivity index (χ0) is 16.2. The molecule has 0 heterocycles. The number of hydrogen-bond donors (Lipinski definition) is 0. The van der Waals surface area contributed by atoms with Crippen LogP contribution in [0.2, 0.25) is 0 Å². The van der Waals surface area contributed by atoms with Crippen LogP contribution in [0.15, 0.2) is 53.4 Å². The molecule has 0 N–H and O–H groups in total. The molecule has 2 aromatic rings. The highest BCUT2D eigenvalue weighted by atomic mass is 32.2. The highest BCUT2D eigenvalue weighted by Crippen LogP contribution is 2.20. The Bertz CT molecular complexity index is 769. The summed E-state index contributed by atoms with van der Waals surface area (Å²) in [4.78, 5) is 11.2. The first-order valence-electron chi connectivity index (χ1n) is 6.39. The van der Waals surface area contributed by atoms with Gasteiger partial charge in [-0.05, 0) is 49.4 Å². The fraction of sp³-hybridized carbons (Fsp3) is 0.133. The van der Waals surface area contributed by atoms with Crippen molar-refractivity contribution in [3.63, 3.8) is 0 Å². The molecule has 0 aliphatic carbocycles. The predicted octanol–water partition coefficient (Wildman–Crippen LogP) is 2.77. The van der Waals surface area contributed by atoms with Crippen LogP contribution in [0.1, 0.15) is 17.3 Å². The van der Waals surface area contributed by atoms with Crippen LogP contribution in [-0.2, 0) is 14.9 Å². The summed E-state index contributed by atoms with van der Waals surface area (Å²) in [7, 11) is -4.14. The first kappa shape index (κ1) is 16.0. The van der Waals surface area contributed by atoms with Crippen molar-refractivity contribution < 1.29 is 26.5 Å². The molecule has 0 atom stereocenters. The zero-order valence-corrected chi connectivity index (χ0v) is 12.5. The third kappa shape index (κ3) is 3.82. The summed E-state index contributed by atoms with van der Waals surface area (Å²) in [6, 6.07) is 9.91. The predicted molar refractivity (Wildman–Crippen MR) is 76.6 cm³/mol. The van der Waals surface area contributed by atoms with Crippen molar-refractivity contribution in [3.8, 4) is 5.75 Å². The number of halogens is 1. The third-order valence-corrected chi connectivity index (χ3v) is 3.90. The van der Waals surface area contributed by atoms with Gasteiger partial charge in [-0.25, -0.2) is 9.18 Å². The molecule has 0 saturated heterocycles. The largest absolute Gasteiger partial charge is 0.462 e. The standard InChI is InChI=1S/C15H13FO5S/c1-2-20-15(17)11-6-8-13(9-7-11)21-22(18,19)14-5-3-4-12(16)10-14/h3-10H,2H2,1H3. The van der Waals surface area contributed by atoms with Gasteiger partial charge in [0.25, 0.3) is 0 Å². The van der Waals surface area contributed by atoms with Gasteiger partial charge in [0.1, 0.15) is 16.5 Å². The second kappa shape index (κ2) is 6.57. The molecule has 0 spiro atoms. The summed E-state index contributed by atoms with van der Waals surface area (Å²) in [5.74, 6) is -1.18. The Labute approximate surface area is 127 Å². The summed E-state index contributed by atoms with van der Waals surface area (Å²) >= 11 is 0. The number of carbonyl (C=O) groups excluding carboxylic acids is 1. The van der Waals surface area contributed by atoms with Crippen LogP contribution in [0, 0.1) is 5.82 Å². The summed E-state index contributed by atoms with van der Waals surface area (Å²) in [6.07, 6.45) is 0. The van der Waals surface area contributed by atoms with Gasteiger partial charge in [-0.3, -0.25) is 0 Å². The van der Waals surface area contributed by atoms with Gasteiger partial charge in [-0.2, -0.15) is 8.42 Å². The quantitative estimate of drug-likeness (QED) is 0.625. The van der Waals surface area contributed by atoms with E-state index < -0.39 is 21.9 Å². The van der Waals surface area contributed by atoms with E-state index >= 15 is 0 Å². The minimum absolute atomic E-state index is 0.0114. The van der Waals surface area contributed by atoms with Gasteiger partial charge in [0, 0.05) is 0 Å². The van der Waals surface area contributed by atoms with Gasteiger partial charge in [-0.15, -0.1) is 0 Å². The molecule has 2 aromatic carbocycles. The Morgan fingerprint density at radius 1 is 1.14 bits per heavy atom. The Kier molecular flexibility index (Phi) is 4.77. The van der Waals surface area contributed by atoms with E-state index in [-0.39, 0.29) is 22.8 Å². The maximum Gasteiger partial charge on any atom is 0.339 e. The highest BCUT2D eigenvalue weighted by molar-refractivity contribution is 7.87. The summed E-state index contributed by atoms with van der Waals surface area (Å²) in [6.45, 7) is 1.92. The topological polar surface area (TPSA) is 69.7 Å². The summed E-state index contributed by atoms with van der Waals surface area (Å²) in [5.41, 5.74) is 0.275. The minimum Gasteiger partial charge on any atom is -0.462 e. The molecule has 0 radical (unpaired) electrons. The van der Waals surface area contributed by atoms with Crippen molar-refractivity contribution >= 4 is 16.1 Å². The zero-order valence-electron chi connectivity index (χ0n) is 11.7. The van der Waals surface area contributed by atoms with Gasteiger partial charge in [0.15, 0.2) is 0 Å². The molecule has 0 bridgehead atoms. The molecule has 7 heteroatoms. The number of ether oxygens (including phenoxy) is 1. The Hall–Kier alpha value is -2.41. The smallest absolute Gasteiger partial charge is 0.339 e. The van der Waals surface area contributed by atoms with E-state index in [1.807, 2.05) is 0 Å². The molecule has 0 fully saturated rings. The second-order valence-electron chi connectivity index (χ2n) is 4.24. The van der Waals surface area contributed by atoms with Crippen LogP contribution >= 0.6 is 0 Å². The fourth-order valence-corrected chi connectivity index (χ4v) is 2.62. The maximum atomic E-state index is 13.1. The van der Waals surface area contributed by atoms with Crippen LogP contribution in [-0.4, -0.2) is 21.0 Å². The summed E-state index contributed by atoms with van der Waals surface area (Å²) in [5, 5.41) is 0. The van der Waals surface area contributed by atoms with Crippen LogP contribution in [0.3, 0.4) is 0 Å². The lowest BCUT2D eigenvalue weighted by Gasteiger charge is -2.07. The van der Waals surface area contributed by atoms with Gasteiger partial charge < -0.3 is 8.92 Å². The van der Waals surface area contributed by atoms with Crippen LogP contribution in [0.25, 0.3) is 0 Å². The number of carbonyl (C=O) groups is 1. The van der Waals surface area contributed by atoms with E-state index in [1.54, 1.807) is 6.92 Å². The molecule has 5 nitrogen and oxygen atoms in total. The molecule has 2 rings (SSSR count). The van der Waals surface area contributed by atoms with Gasteiger partial charge in [0.05, 0.1) is 12.2 Å². The minimum atomic E-state index is -4.14. The van der Waals surface area contributed by atoms with Crippen molar-refractivity contribution in [3.05, 3.63) is 59.9 Å². The molecule has 0 unspecified atom stereocenters. The van der Waals surface area contributed by atoms with Crippen molar-refractivity contribution in [1.29, 1.82) is 0 Å². The molecule has 0 aliphatic rings. The molecular formula is C15H13FO5S. The fourth-order valence-electron chi connectivity index (χ4n) is 1.66. The third-order valence-electron chi connectivity index (χ3n) is 2.66. The van der Waals surface area contributed by atoms with E-state index in [9.17, 15) is 17.6 Å². The average Bonchev–Trinajstić information content (AvgIpc) is 2.48. The Morgan fingerprint density at radius 3 is 2.41 bits per heavy atom. The van der Waals surface area contributed by atoms with Crippen molar-refractivity contribution in [2.45, 2.75) is 11.8 Å². The Balaban J connectivity index is 2.18. The lowest BCUT2D eigenvalue weighted by molar-refractivity contribution is 0.0526. The molecule has 0 aromatic heterocycles. The van der Waals surface area contributed by atoms with E-state index in [0.29, 0.717) is 0 Å². The maximum absolute atomic E-state index is 13.1. The van der Waals surface area contributed by atoms with E-state index in [0.717, 1.165) is 12.1 Å². The Morgan fingerprint density at radius 2 is 1.82 bits per heavy atom. The van der Waals surface area contributed by atoms with E-state index in [4.69, 9.17) is 8.92 Å². The van der Waals surface area contributed by atoms with Crippen molar-refractivity contribution in [2.24, 2.45) is 0 Å². The van der Waals surface area contributed by atoms with Crippen LogP contribution < -0.4 is 4.18 Å². The van der Waals surface area contributed by atoms with E-state index in [2.05, 4.69) is 0 Å². The number of hydrogen-bond acceptors (Lipinski definition) is 5. The molecule has 0 saturated carbocycles. The molecular weight excluding hydrogens is 311 g/mol. The molecule has 0 amide bonds. The number of benzene rings is 2. The first-order valence-corrected chi connectivity index (χ1v) is 7.80. The van der Waals surface area contributed by atoms with Crippen LogP contribution in [0.5, 0.6) is 5.75 Å². The summed E-state index contributed by atoms with van der Waals surface area (Å²) < 4.78 is 46.8. The SMILES string of the molecule is CCOC(=O)c1ccc(OS(=O)(=O)c2cccc(F)c2)cc1. The van der Waals surface area contributed by atoms with Gasteiger partial charge in [0.2, 0.25) is 0 Å². The van der Waals surface area contributed by atoms with E-state index in [1.165, 1.54) is 36.4 Å². The molecule has 22 heavy (non-hydrogen) atoms.